The monoisotopic (exact) mass is 293 g/mol. The topological polar surface area (TPSA) is 54.0 Å². The van der Waals surface area contributed by atoms with E-state index in [0.29, 0.717) is 17.1 Å². The van der Waals surface area contributed by atoms with Gasteiger partial charge in [0, 0.05) is 12.7 Å². The molecule has 6 heteroatoms. The van der Waals surface area contributed by atoms with E-state index in [0.717, 1.165) is 0 Å². The van der Waals surface area contributed by atoms with E-state index in [2.05, 4.69) is 15.6 Å². The van der Waals surface area contributed by atoms with E-state index in [1.54, 1.807) is 26.1 Å². The Morgan fingerprint density at radius 2 is 2.05 bits per heavy atom. The van der Waals surface area contributed by atoms with Gasteiger partial charge in [0.05, 0.1) is 5.02 Å². The third-order valence-electron chi connectivity index (χ3n) is 2.75. The zero-order valence-electron chi connectivity index (χ0n) is 11.0. The summed E-state index contributed by atoms with van der Waals surface area (Å²) < 4.78 is 13.0. The summed E-state index contributed by atoms with van der Waals surface area (Å²) >= 11 is 5.97. The van der Waals surface area contributed by atoms with Crippen molar-refractivity contribution in [3.05, 3.63) is 52.4 Å². The van der Waals surface area contributed by atoms with Crippen molar-refractivity contribution in [2.24, 2.45) is 0 Å². The number of carbonyl (C=O) groups excluding carboxylic acids is 1. The molecular weight excluding hydrogens is 281 g/mol. The van der Waals surface area contributed by atoms with Crippen molar-refractivity contribution in [1.82, 2.24) is 4.98 Å². The van der Waals surface area contributed by atoms with Crippen molar-refractivity contribution in [2.45, 2.75) is 6.92 Å². The van der Waals surface area contributed by atoms with Gasteiger partial charge in [-0.25, -0.2) is 9.37 Å². The van der Waals surface area contributed by atoms with Gasteiger partial charge in [0.2, 0.25) is 0 Å². The molecule has 1 amide bonds. The number of aromatic nitrogens is 1. The number of carbonyl (C=O) groups is 1. The molecule has 2 aromatic rings. The van der Waals surface area contributed by atoms with Gasteiger partial charge in [0.15, 0.2) is 0 Å². The SMILES string of the molecule is CNc1ccc(Cl)c(C(=O)Nc2ccc(F)cc2C)n1. The molecule has 0 aliphatic heterocycles. The van der Waals surface area contributed by atoms with Crippen LogP contribution in [-0.4, -0.2) is 17.9 Å². The van der Waals surface area contributed by atoms with E-state index >= 15 is 0 Å². The summed E-state index contributed by atoms with van der Waals surface area (Å²) in [5.41, 5.74) is 1.26. The standard InChI is InChI=1S/C14H13ClFN3O/c1-8-7-9(16)3-5-11(8)18-14(20)13-10(15)4-6-12(17-2)19-13/h3-7H,1-2H3,(H,17,19)(H,18,20). The minimum atomic E-state index is -0.443. The fraction of sp³-hybridized carbons (Fsp3) is 0.143. The normalized spacial score (nSPS) is 10.2. The molecule has 2 N–H and O–H groups in total. The molecule has 0 radical (unpaired) electrons. The predicted octanol–water partition coefficient (Wildman–Crippen LogP) is 3.48. The van der Waals surface area contributed by atoms with Gasteiger partial charge in [-0.15, -0.1) is 0 Å². The molecule has 0 fully saturated rings. The van der Waals surface area contributed by atoms with Gasteiger partial charge in [-0.1, -0.05) is 11.6 Å². The molecule has 0 unspecified atom stereocenters. The zero-order chi connectivity index (χ0) is 14.7. The maximum atomic E-state index is 13.0. The van der Waals surface area contributed by atoms with E-state index in [1.807, 2.05) is 0 Å². The van der Waals surface area contributed by atoms with Gasteiger partial charge in [0.1, 0.15) is 17.3 Å². The number of nitrogens with one attached hydrogen (secondary N) is 2. The molecule has 20 heavy (non-hydrogen) atoms. The number of hydrogen-bond acceptors (Lipinski definition) is 3. The molecule has 0 saturated carbocycles. The van der Waals surface area contributed by atoms with Crippen LogP contribution in [0.15, 0.2) is 30.3 Å². The lowest BCUT2D eigenvalue weighted by molar-refractivity contribution is 0.102. The van der Waals surface area contributed by atoms with E-state index in [9.17, 15) is 9.18 Å². The number of hydrogen-bond donors (Lipinski definition) is 2. The molecule has 1 heterocycles. The lowest BCUT2D eigenvalue weighted by Crippen LogP contribution is -2.15. The number of pyridine rings is 1. The Morgan fingerprint density at radius 3 is 2.70 bits per heavy atom. The highest BCUT2D eigenvalue weighted by Gasteiger charge is 2.14. The maximum absolute atomic E-state index is 13.0. The fourth-order valence-electron chi connectivity index (χ4n) is 1.69. The Labute approximate surface area is 121 Å². The van der Waals surface area contributed by atoms with Crippen LogP contribution in [0.5, 0.6) is 0 Å². The Morgan fingerprint density at radius 1 is 1.30 bits per heavy atom. The van der Waals surface area contributed by atoms with Crippen LogP contribution in [-0.2, 0) is 0 Å². The minimum absolute atomic E-state index is 0.113. The second kappa shape index (κ2) is 5.88. The number of aryl methyl sites for hydroxylation is 1. The number of nitrogens with zero attached hydrogens (tertiary/aromatic N) is 1. The van der Waals surface area contributed by atoms with Gasteiger partial charge >= 0.3 is 0 Å². The van der Waals surface area contributed by atoms with Gasteiger partial charge in [0.25, 0.3) is 5.91 Å². The molecule has 1 aromatic carbocycles. The lowest BCUT2D eigenvalue weighted by Gasteiger charge is -2.10. The highest BCUT2D eigenvalue weighted by Crippen LogP contribution is 2.20. The van der Waals surface area contributed by atoms with Gasteiger partial charge in [-0.3, -0.25) is 4.79 Å². The van der Waals surface area contributed by atoms with Crippen LogP contribution in [0.3, 0.4) is 0 Å². The number of rotatable bonds is 3. The third-order valence-corrected chi connectivity index (χ3v) is 3.06. The number of halogens is 2. The van der Waals surface area contributed by atoms with E-state index in [4.69, 9.17) is 11.6 Å². The molecule has 0 aliphatic carbocycles. The first-order chi connectivity index (χ1) is 9.51. The van der Waals surface area contributed by atoms with Crippen LogP contribution < -0.4 is 10.6 Å². The highest BCUT2D eigenvalue weighted by atomic mass is 35.5. The van der Waals surface area contributed by atoms with Crippen molar-refractivity contribution in [2.75, 3.05) is 17.7 Å². The first kappa shape index (κ1) is 14.3. The van der Waals surface area contributed by atoms with E-state index < -0.39 is 5.91 Å². The van der Waals surface area contributed by atoms with Crippen molar-refractivity contribution >= 4 is 29.0 Å². The Hall–Kier alpha value is -2.14. The molecule has 0 spiro atoms. The summed E-state index contributed by atoms with van der Waals surface area (Å²) in [5.74, 6) is -0.258. The maximum Gasteiger partial charge on any atom is 0.275 e. The third kappa shape index (κ3) is 3.05. The van der Waals surface area contributed by atoms with Crippen molar-refractivity contribution in [1.29, 1.82) is 0 Å². The summed E-state index contributed by atoms with van der Waals surface area (Å²) in [6.07, 6.45) is 0. The van der Waals surface area contributed by atoms with Crippen molar-refractivity contribution in [3.8, 4) is 0 Å². The number of amides is 1. The average molecular weight is 294 g/mol. The quantitative estimate of drug-likeness (QED) is 0.911. The van der Waals surface area contributed by atoms with Gasteiger partial charge in [-0.05, 0) is 42.8 Å². The Kier molecular flexibility index (Phi) is 4.20. The van der Waals surface area contributed by atoms with Crippen LogP contribution in [0.25, 0.3) is 0 Å². The highest BCUT2D eigenvalue weighted by molar-refractivity contribution is 6.34. The Bertz CT molecular complexity index is 661. The molecule has 2 rings (SSSR count). The summed E-state index contributed by atoms with van der Waals surface area (Å²) in [4.78, 5) is 16.3. The van der Waals surface area contributed by atoms with E-state index in [1.165, 1.54) is 18.2 Å². The number of benzene rings is 1. The van der Waals surface area contributed by atoms with Crippen LogP contribution in [0.2, 0.25) is 5.02 Å². The molecule has 4 nitrogen and oxygen atoms in total. The zero-order valence-corrected chi connectivity index (χ0v) is 11.8. The average Bonchev–Trinajstić information content (AvgIpc) is 2.42. The molecular formula is C14H13ClFN3O. The smallest absolute Gasteiger partial charge is 0.275 e. The minimum Gasteiger partial charge on any atom is -0.373 e. The first-order valence-corrected chi connectivity index (χ1v) is 6.31. The van der Waals surface area contributed by atoms with Crippen LogP contribution in [0, 0.1) is 12.7 Å². The second-order valence-corrected chi connectivity index (χ2v) is 4.60. The number of anilines is 2. The van der Waals surface area contributed by atoms with E-state index in [-0.39, 0.29) is 16.5 Å². The largest absolute Gasteiger partial charge is 0.373 e. The molecule has 0 bridgehead atoms. The van der Waals surface area contributed by atoms with Gasteiger partial charge < -0.3 is 10.6 Å². The molecule has 1 aromatic heterocycles. The van der Waals surface area contributed by atoms with Crippen molar-refractivity contribution in [3.63, 3.8) is 0 Å². The summed E-state index contributed by atoms with van der Waals surface area (Å²) in [7, 11) is 1.70. The predicted molar refractivity (Wildman–Crippen MR) is 77.9 cm³/mol. The van der Waals surface area contributed by atoms with Crippen molar-refractivity contribution < 1.29 is 9.18 Å². The molecule has 104 valence electrons. The lowest BCUT2D eigenvalue weighted by atomic mass is 10.2. The molecule has 0 aliphatic rings. The summed E-state index contributed by atoms with van der Waals surface area (Å²) in [6, 6.07) is 7.38. The first-order valence-electron chi connectivity index (χ1n) is 5.93. The summed E-state index contributed by atoms with van der Waals surface area (Å²) in [6.45, 7) is 1.71. The second-order valence-electron chi connectivity index (χ2n) is 4.19. The summed E-state index contributed by atoms with van der Waals surface area (Å²) in [5, 5.41) is 5.75. The van der Waals surface area contributed by atoms with Gasteiger partial charge in [-0.2, -0.15) is 0 Å². The Balaban J connectivity index is 2.28. The molecule has 0 saturated heterocycles. The van der Waals surface area contributed by atoms with Crippen LogP contribution in [0.4, 0.5) is 15.9 Å². The fourth-order valence-corrected chi connectivity index (χ4v) is 1.88. The van der Waals surface area contributed by atoms with Crippen LogP contribution >= 0.6 is 11.6 Å². The van der Waals surface area contributed by atoms with Crippen LogP contribution in [0.1, 0.15) is 16.1 Å². The molecule has 0 atom stereocenters.